The lowest BCUT2D eigenvalue weighted by atomic mass is 9.94. The van der Waals surface area contributed by atoms with E-state index in [0.717, 1.165) is 46.1 Å². The fourth-order valence-corrected chi connectivity index (χ4v) is 6.11. The third kappa shape index (κ3) is 7.68. The Balaban J connectivity index is 1.25. The Bertz CT molecular complexity index is 1560. The molecular weight excluding hydrogens is 627 g/mol. The van der Waals surface area contributed by atoms with E-state index in [1.54, 1.807) is 0 Å². The summed E-state index contributed by atoms with van der Waals surface area (Å²) in [5.74, 6) is -0.996. The molecule has 7 nitrogen and oxygen atoms in total. The highest BCUT2D eigenvalue weighted by Gasteiger charge is 2.34. The number of anilines is 1. The lowest BCUT2D eigenvalue weighted by Gasteiger charge is -2.32. The number of aromatic nitrogens is 1. The molecule has 0 aromatic carbocycles. The Labute approximate surface area is 256 Å². The summed E-state index contributed by atoms with van der Waals surface area (Å²) in [7, 11) is 0. The molecule has 1 aliphatic heterocycles. The number of pyridine rings is 1. The van der Waals surface area contributed by atoms with Crippen LogP contribution in [-0.4, -0.2) is 52.7 Å². The van der Waals surface area contributed by atoms with Crippen molar-refractivity contribution >= 4 is 49.4 Å². The van der Waals surface area contributed by atoms with Crippen molar-refractivity contribution in [3.8, 4) is 0 Å². The van der Waals surface area contributed by atoms with Gasteiger partial charge in [-0.3, -0.25) is 9.59 Å². The molecule has 3 aliphatic carbocycles. The van der Waals surface area contributed by atoms with E-state index in [2.05, 4.69) is 38.1 Å². The van der Waals surface area contributed by atoms with Crippen molar-refractivity contribution in [3.63, 3.8) is 0 Å². The molecule has 0 bridgehead atoms. The summed E-state index contributed by atoms with van der Waals surface area (Å²) in [4.78, 5) is 32.1. The second kappa shape index (κ2) is 13.4. The zero-order valence-electron chi connectivity index (χ0n) is 23.6. The number of Topliss-reactive ketones (excluding diaryl/α,β-unsaturated/α-hetero) is 1. The number of aliphatic hydroxyl groups excluding tert-OH is 1. The zero-order valence-corrected chi connectivity index (χ0v) is 25.1. The fourth-order valence-electron chi connectivity index (χ4n) is 5.62. The number of alkyl halides is 3. The molecule has 2 N–H and O–H groups in total. The predicted molar refractivity (Wildman–Crippen MR) is 162 cm³/mol. The van der Waals surface area contributed by atoms with Crippen LogP contribution < -0.4 is 15.9 Å². The van der Waals surface area contributed by atoms with Crippen molar-refractivity contribution in [1.82, 2.24) is 9.88 Å². The number of likely N-dealkylation sites (tertiary alicyclic amines) is 1. The van der Waals surface area contributed by atoms with Crippen LogP contribution >= 0.6 is 15.9 Å². The molecule has 0 atom stereocenters. The molecule has 2 heterocycles. The molecule has 0 unspecified atom stereocenters. The quantitative estimate of drug-likeness (QED) is 0.365. The summed E-state index contributed by atoms with van der Waals surface area (Å²) in [6.07, 6.45) is 12.3. The van der Waals surface area contributed by atoms with Gasteiger partial charge in [-0.1, -0.05) is 30.4 Å². The highest BCUT2D eigenvalue weighted by Crippen LogP contribution is 2.29. The maximum absolute atomic E-state index is 12.9. The SMILES string of the molecule is O=C(C(=O)N1CCC(CNc2cc(C3=C(O)CCC=C3)nc3c2=CCCC=CC=3Br)CC1)C1=CC=C(OC(F)(F)F)CC1. The number of nitrogens with zero attached hydrogens (tertiary/aromatic N) is 2. The monoisotopic (exact) mass is 659 g/mol. The number of amides is 1. The van der Waals surface area contributed by atoms with E-state index in [1.165, 1.54) is 11.0 Å². The van der Waals surface area contributed by atoms with Crippen LogP contribution in [0.3, 0.4) is 0 Å². The third-order valence-electron chi connectivity index (χ3n) is 7.98. The van der Waals surface area contributed by atoms with Gasteiger partial charge in [0.15, 0.2) is 0 Å². The van der Waals surface area contributed by atoms with Crippen molar-refractivity contribution in [2.45, 2.75) is 57.7 Å². The van der Waals surface area contributed by atoms with Crippen molar-refractivity contribution < 1.29 is 32.6 Å². The average Bonchev–Trinajstić information content (AvgIpc) is 2.98. The second-order valence-electron chi connectivity index (χ2n) is 11.0. The average molecular weight is 661 g/mol. The van der Waals surface area contributed by atoms with Crippen LogP contribution in [0.4, 0.5) is 18.9 Å². The molecule has 0 radical (unpaired) electrons. The number of hydrogen-bond donors (Lipinski definition) is 2. The zero-order chi connectivity index (χ0) is 30.6. The van der Waals surface area contributed by atoms with Gasteiger partial charge in [-0.25, -0.2) is 4.98 Å². The van der Waals surface area contributed by atoms with Crippen LogP contribution in [0.5, 0.6) is 0 Å². The van der Waals surface area contributed by atoms with Gasteiger partial charge in [0, 0.05) is 59.0 Å². The Hall–Kier alpha value is -3.60. The molecule has 228 valence electrons. The van der Waals surface area contributed by atoms with Gasteiger partial charge in [0.05, 0.1) is 11.0 Å². The molecule has 0 spiro atoms. The number of piperidine rings is 1. The number of carbonyl (C=O) groups excluding carboxylic acids is 2. The molecule has 1 aromatic heterocycles. The first kappa shape index (κ1) is 30.8. The predicted octanol–water partition coefficient (Wildman–Crippen LogP) is 5.69. The molecule has 1 amide bonds. The Morgan fingerprint density at radius 1 is 1.07 bits per heavy atom. The minimum atomic E-state index is -4.79. The van der Waals surface area contributed by atoms with Crippen LogP contribution in [0.2, 0.25) is 0 Å². The molecule has 43 heavy (non-hydrogen) atoms. The Morgan fingerprint density at radius 2 is 1.84 bits per heavy atom. The lowest BCUT2D eigenvalue weighted by molar-refractivity contribution is -0.306. The lowest BCUT2D eigenvalue weighted by Crippen LogP contribution is -2.44. The number of carbonyl (C=O) groups is 2. The van der Waals surface area contributed by atoms with E-state index in [-0.39, 0.29) is 30.1 Å². The first-order valence-corrected chi connectivity index (χ1v) is 15.3. The van der Waals surface area contributed by atoms with Crippen LogP contribution in [0, 0.1) is 5.92 Å². The first-order chi connectivity index (χ1) is 20.6. The number of ether oxygens (including phenoxy) is 1. The van der Waals surface area contributed by atoms with Crippen LogP contribution in [0.15, 0.2) is 59.6 Å². The second-order valence-corrected chi connectivity index (χ2v) is 11.8. The van der Waals surface area contributed by atoms with Crippen molar-refractivity contribution in [1.29, 1.82) is 0 Å². The van der Waals surface area contributed by atoms with Crippen molar-refractivity contribution in [3.05, 3.63) is 75.9 Å². The number of hydrogen-bond acceptors (Lipinski definition) is 6. The maximum atomic E-state index is 12.9. The summed E-state index contributed by atoms with van der Waals surface area (Å²) in [5, 5.41) is 16.0. The highest BCUT2D eigenvalue weighted by molar-refractivity contribution is 9.15. The number of fused-ring (bicyclic) bond motifs is 1. The van der Waals surface area contributed by atoms with Gasteiger partial charge in [-0.2, -0.15) is 0 Å². The van der Waals surface area contributed by atoms with Gasteiger partial charge >= 0.3 is 6.36 Å². The Kier molecular flexibility index (Phi) is 9.59. The molecule has 5 rings (SSSR count). The molecule has 11 heteroatoms. The largest absolute Gasteiger partial charge is 0.572 e. The van der Waals surface area contributed by atoms with Crippen LogP contribution in [-0.2, 0) is 14.3 Å². The first-order valence-electron chi connectivity index (χ1n) is 14.5. The Morgan fingerprint density at radius 3 is 2.53 bits per heavy atom. The standard InChI is InChI=1S/C32H33BrF3N3O4/c33-25-8-3-1-2-7-24-26(18-27(38-29(24)25)23-6-4-5-9-28(23)40)37-19-20-14-16-39(17-15-20)31(42)30(41)21-10-12-22(13-11-21)43-32(34,35)36/h3-4,6-8,10,12,18,20,37,40H,1-2,5,9,11,13-17,19H2. The van der Waals surface area contributed by atoms with E-state index in [0.29, 0.717) is 55.9 Å². The highest BCUT2D eigenvalue weighted by atomic mass is 79.9. The number of nitrogens with one attached hydrogen (secondary N) is 1. The maximum Gasteiger partial charge on any atom is 0.572 e. The van der Waals surface area contributed by atoms with E-state index in [9.17, 15) is 27.9 Å². The smallest absolute Gasteiger partial charge is 0.512 e. The van der Waals surface area contributed by atoms with Gasteiger partial charge in [0.2, 0.25) is 5.78 Å². The summed E-state index contributed by atoms with van der Waals surface area (Å²) in [6.45, 7) is 1.50. The number of rotatable bonds is 7. The summed E-state index contributed by atoms with van der Waals surface area (Å²) >= 11 is 3.68. The van der Waals surface area contributed by atoms with Crippen molar-refractivity contribution in [2.75, 3.05) is 25.0 Å². The van der Waals surface area contributed by atoms with E-state index >= 15 is 0 Å². The van der Waals surface area contributed by atoms with Gasteiger partial charge in [0.25, 0.3) is 5.91 Å². The summed E-state index contributed by atoms with van der Waals surface area (Å²) in [5.41, 5.74) is 2.52. The number of allylic oxidation sites excluding steroid dienone is 9. The molecule has 0 saturated carbocycles. The van der Waals surface area contributed by atoms with Crippen LogP contribution in [0.1, 0.15) is 57.1 Å². The van der Waals surface area contributed by atoms with E-state index in [1.807, 2.05) is 24.3 Å². The molecular formula is C32H33BrF3N3O4. The van der Waals surface area contributed by atoms with E-state index < -0.39 is 18.1 Å². The van der Waals surface area contributed by atoms with Crippen LogP contribution in [0.25, 0.3) is 16.1 Å². The molecule has 1 aromatic rings. The number of ketones is 1. The normalized spacial score (nSPS) is 19.5. The molecule has 4 aliphatic rings. The minimum Gasteiger partial charge on any atom is -0.512 e. The number of aliphatic hydroxyl groups is 1. The van der Waals surface area contributed by atoms with Gasteiger partial charge in [0.1, 0.15) is 11.5 Å². The van der Waals surface area contributed by atoms with Gasteiger partial charge in [-0.05, 0) is 78.6 Å². The molecule has 1 saturated heterocycles. The van der Waals surface area contributed by atoms with Crippen molar-refractivity contribution in [2.24, 2.45) is 5.92 Å². The van der Waals surface area contributed by atoms with E-state index in [4.69, 9.17) is 4.98 Å². The topological polar surface area (TPSA) is 91.8 Å². The van der Waals surface area contributed by atoms with Gasteiger partial charge < -0.3 is 20.1 Å². The number of halogens is 4. The summed E-state index contributed by atoms with van der Waals surface area (Å²) < 4.78 is 42.1. The minimum absolute atomic E-state index is 0.0237. The molecule has 1 fully saturated rings. The fraction of sp³-hybridized carbons (Fsp3) is 0.406. The van der Waals surface area contributed by atoms with Gasteiger partial charge in [-0.15, -0.1) is 13.2 Å². The third-order valence-corrected chi connectivity index (χ3v) is 8.62. The summed E-state index contributed by atoms with van der Waals surface area (Å²) in [6, 6.07) is 1.98.